The second kappa shape index (κ2) is 20.3. The molecule has 0 radical (unpaired) electrons. The average molecular weight is 587 g/mol. The minimum absolute atomic E-state index is 0.00611. The third-order valence-corrected chi connectivity index (χ3v) is 7.15. The van der Waals surface area contributed by atoms with Crippen LogP contribution in [0, 0.1) is 5.92 Å². The molecule has 2 fully saturated rings. The van der Waals surface area contributed by atoms with Crippen molar-refractivity contribution in [2.24, 2.45) is 5.92 Å². The van der Waals surface area contributed by atoms with Gasteiger partial charge in [0.2, 0.25) is 11.8 Å². The molecule has 2 aliphatic rings. The summed E-state index contributed by atoms with van der Waals surface area (Å²) in [6.45, 7) is 8.83. The fourth-order valence-corrected chi connectivity index (χ4v) is 4.95. The first-order valence-electron chi connectivity index (χ1n) is 14.3. The number of hydrogen-bond donors (Lipinski definition) is 4. The van der Waals surface area contributed by atoms with Gasteiger partial charge in [-0.25, -0.2) is 0 Å². The summed E-state index contributed by atoms with van der Waals surface area (Å²) in [4.78, 5) is 68.6. The average Bonchev–Trinajstić information content (AvgIpc) is 2.90. The van der Waals surface area contributed by atoms with Crippen molar-refractivity contribution in [2.75, 3.05) is 98.7 Å². The molecule has 0 unspecified atom stereocenters. The van der Waals surface area contributed by atoms with E-state index in [2.05, 4.69) is 5.32 Å². The van der Waals surface area contributed by atoms with Crippen LogP contribution in [0.4, 0.5) is 0 Å². The fourth-order valence-electron chi connectivity index (χ4n) is 4.95. The molecule has 41 heavy (non-hydrogen) atoms. The zero-order chi connectivity index (χ0) is 30.8. The summed E-state index contributed by atoms with van der Waals surface area (Å²) < 4.78 is 0. The Morgan fingerprint density at radius 3 is 1.54 bits per heavy atom. The third kappa shape index (κ3) is 15.8. The normalized spacial score (nSPS) is 19.4. The van der Waals surface area contributed by atoms with Gasteiger partial charge in [0.25, 0.3) is 0 Å². The molecule has 0 spiro atoms. The lowest BCUT2D eigenvalue weighted by Gasteiger charge is -2.35. The molecule has 14 heteroatoms. The molecule has 0 bridgehead atoms. The van der Waals surface area contributed by atoms with Crippen LogP contribution in [0.5, 0.6) is 0 Å². The number of amides is 2. The molecular formula is C27H50N6O8. The van der Waals surface area contributed by atoms with Gasteiger partial charge in [0.05, 0.1) is 26.2 Å². The van der Waals surface area contributed by atoms with E-state index in [0.29, 0.717) is 90.6 Å². The van der Waals surface area contributed by atoms with Gasteiger partial charge in [-0.2, -0.15) is 0 Å². The van der Waals surface area contributed by atoms with Gasteiger partial charge in [-0.1, -0.05) is 13.8 Å². The fraction of sp³-hybridized carbons (Fsp3) is 0.815. The van der Waals surface area contributed by atoms with Gasteiger partial charge in [-0.05, 0) is 18.8 Å². The Kier molecular flexibility index (Phi) is 18.0. The first kappa shape index (κ1) is 36.4. The van der Waals surface area contributed by atoms with Crippen LogP contribution in [0.1, 0.15) is 33.1 Å². The van der Waals surface area contributed by atoms with E-state index in [-0.39, 0.29) is 44.0 Å². The van der Waals surface area contributed by atoms with Crippen LogP contribution in [0.15, 0.2) is 0 Å². The van der Waals surface area contributed by atoms with Gasteiger partial charge < -0.3 is 30.3 Å². The summed E-state index contributed by atoms with van der Waals surface area (Å²) in [7, 11) is 1.00. The van der Waals surface area contributed by atoms with Crippen LogP contribution in [-0.4, -0.2) is 175 Å². The first-order chi connectivity index (χ1) is 19.5. The van der Waals surface area contributed by atoms with Crippen molar-refractivity contribution < 1.29 is 39.3 Å². The summed E-state index contributed by atoms with van der Waals surface area (Å²) in [6, 6.07) is 0.0733. The van der Waals surface area contributed by atoms with Gasteiger partial charge >= 0.3 is 11.9 Å². The van der Waals surface area contributed by atoms with E-state index in [1.54, 1.807) is 9.80 Å². The number of hydrogen-bond acceptors (Lipinski definition) is 10. The van der Waals surface area contributed by atoms with E-state index < -0.39 is 11.9 Å². The van der Waals surface area contributed by atoms with Crippen LogP contribution in [-0.2, 0) is 24.0 Å². The molecule has 0 aromatic heterocycles. The van der Waals surface area contributed by atoms with Crippen LogP contribution in [0.3, 0.4) is 0 Å². The number of rotatable bonds is 11. The van der Waals surface area contributed by atoms with Gasteiger partial charge in [0, 0.05) is 85.0 Å². The smallest absolute Gasteiger partial charge is 0.317 e. The molecule has 14 nitrogen and oxygen atoms in total. The Labute approximate surface area is 243 Å². The number of nitrogens with zero attached hydrogens (tertiary/aromatic N) is 5. The highest BCUT2D eigenvalue weighted by Crippen LogP contribution is 2.12. The number of aldehydes is 1. The molecule has 0 aromatic carbocycles. The van der Waals surface area contributed by atoms with Gasteiger partial charge in [0.1, 0.15) is 6.29 Å². The number of aliphatic carboxylic acids is 2. The molecule has 0 atom stereocenters. The number of aliphatic hydroxyl groups is 1. The maximum Gasteiger partial charge on any atom is 0.317 e. The van der Waals surface area contributed by atoms with E-state index >= 15 is 0 Å². The van der Waals surface area contributed by atoms with Crippen molar-refractivity contribution >= 4 is 30.0 Å². The Balaban J connectivity index is 0.00000411. The number of carboxylic acid groups (broad SMARTS) is 2. The van der Waals surface area contributed by atoms with Crippen molar-refractivity contribution in [3.63, 3.8) is 0 Å². The molecule has 0 saturated carbocycles. The minimum atomic E-state index is -0.963. The van der Waals surface area contributed by atoms with Crippen LogP contribution < -0.4 is 5.32 Å². The molecule has 2 aliphatic heterocycles. The minimum Gasteiger partial charge on any atom is -0.480 e. The highest BCUT2D eigenvalue weighted by Gasteiger charge is 2.26. The largest absolute Gasteiger partial charge is 0.480 e. The second-order valence-corrected chi connectivity index (χ2v) is 10.9. The Bertz CT molecular complexity index is 822. The molecule has 2 amide bonds. The predicted octanol–water partition coefficient (Wildman–Crippen LogP) is -1.66. The van der Waals surface area contributed by atoms with Crippen molar-refractivity contribution in [3.05, 3.63) is 0 Å². The molecule has 2 saturated heterocycles. The summed E-state index contributed by atoms with van der Waals surface area (Å²) in [5, 5.41) is 28.7. The number of piperidine rings is 1. The Morgan fingerprint density at radius 2 is 1.15 bits per heavy atom. The van der Waals surface area contributed by atoms with E-state index in [0.717, 1.165) is 13.4 Å². The van der Waals surface area contributed by atoms with E-state index in [4.69, 9.17) is 5.11 Å². The standard InChI is InChI=1S/C26H46N6O7.CH4O/c1-21(2)17-23(34)27-22-3-5-32(6-4-22)24(35)18-29-9-7-28(15-16-33)8-10-30(19-25(36)37)13-14-31(12-11-29)20-26(38)39;1-2/h16,21-22H,3-15,17-20H2,1-2H3,(H,27,34)(H,36,37)(H,38,39);2H,1H3. The molecule has 2 rings (SSSR count). The first-order valence-corrected chi connectivity index (χ1v) is 14.3. The second-order valence-electron chi connectivity index (χ2n) is 10.9. The van der Waals surface area contributed by atoms with Crippen molar-refractivity contribution in [1.29, 1.82) is 0 Å². The monoisotopic (exact) mass is 586 g/mol. The lowest BCUT2D eigenvalue weighted by atomic mass is 10.0. The molecule has 0 aliphatic carbocycles. The maximum atomic E-state index is 13.2. The number of carboxylic acids is 2. The van der Waals surface area contributed by atoms with Gasteiger partial charge in [-0.3, -0.25) is 38.8 Å². The molecule has 236 valence electrons. The van der Waals surface area contributed by atoms with E-state index in [1.165, 1.54) is 0 Å². The number of likely N-dealkylation sites (tertiary alicyclic amines) is 1. The highest BCUT2D eigenvalue weighted by molar-refractivity contribution is 5.79. The topological polar surface area (TPSA) is 174 Å². The molecule has 0 aromatic rings. The van der Waals surface area contributed by atoms with Gasteiger partial charge in [-0.15, -0.1) is 0 Å². The summed E-state index contributed by atoms with van der Waals surface area (Å²) >= 11 is 0. The van der Waals surface area contributed by atoms with Crippen LogP contribution >= 0.6 is 0 Å². The number of carbonyl (C=O) groups excluding carboxylic acids is 3. The summed E-state index contributed by atoms with van der Waals surface area (Å²) in [5.41, 5.74) is 0. The van der Waals surface area contributed by atoms with Crippen LogP contribution in [0.25, 0.3) is 0 Å². The Hall–Kier alpha value is -2.65. The summed E-state index contributed by atoms with van der Waals surface area (Å²) in [5.74, 6) is -1.58. The SMILES string of the molecule is CC(C)CC(=O)NC1CCN(C(=O)CN2CCN(CC=O)CCN(CC(=O)O)CCN(CC(=O)O)CC2)CC1.CO. The number of aliphatic hydroxyl groups excluding tert-OH is 1. The zero-order valence-electron chi connectivity index (χ0n) is 24.9. The zero-order valence-corrected chi connectivity index (χ0v) is 24.9. The van der Waals surface area contributed by atoms with Crippen molar-refractivity contribution in [3.8, 4) is 0 Å². The third-order valence-electron chi connectivity index (χ3n) is 7.15. The van der Waals surface area contributed by atoms with E-state index in [9.17, 15) is 34.2 Å². The lowest BCUT2D eigenvalue weighted by Crippen LogP contribution is -2.51. The molecule has 4 N–H and O–H groups in total. The lowest BCUT2D eigenvalue weighted by molar-refractivity contribution is -0.140. The van der Waals surface area contributed by atoms with Crippen LogP contribution in [0.2, 0.25) is 0 Å². The highest BCUT2D eigenvalue weighted by atomic mass is 16.4. The molecule has 2 heterocycles. The maximum absolute atomic E-state index is 13.2. The molecular weight excluding hydrogens is 536 g/mol. The van der Waals surface area contributed by atoms with Gasteiger partial charge in [0.15, 0.2) is 0 Å². The van der Waals surface area contributed by atoms with Crippen molar-refractivity contribution in [2.45, 2.75) is 39.2 Å². The van der Waals surface area contributed by atoms with Crippen molar-refractivity contribution in [1.82, 2.24) is 29.8 Å². The number of nitrogens with one attached hydrogen (secondary N) is 1. The summed E-state index contributed by atoms with van der Waals surface area (Å²) in [6.07, 6.45) is 2.73. The number of carbonyl (C=O) groups is 5. The predicted molar refractivity (Wildman–Crippen MR) is 152 cm³/mol. The van der Waals surface area contributed by atoms with E-state index in [1.807, 2.05) is 28.5 Å². The Morgan fingerprint density at radius 1 is 0.732 bits per heavy atom. The quantitative estimate of drug-likeness (QED) is 0.203.